The molecule has 2 rings (SSSR count). The lowest BCUT2D eigenvalue weighted by molar-refractivity contribution is 0.264. The highest BCUT2D eigenvalue weighted by molar-refractivity contribution is 5.13. The van der Waals surface area contributed by atoms with E-state index in [-0.39, 0.29) is 0 Å². The molecule has 1 saturated carbocycles. The Kier molecular flexibility index (Phi) is 1.91. The lowest BCUT2D eigenvalue weighted by Crippen LogP contribution is -2.19. The highest BCUT2D eigenvalue weighted by atomic mass is 15.3. The van der Waals surface area contributed by atoms with Gasteiger partial charge in [0.25, 0.3) is 0 Å². The van der Waals surface area contributed by atoms with Gasteiger partial charge in [-0.25, -0.2) is 0 Å². The molecule has 1 heterocycles. The topological polar surface area (TPSA) is 17.8 Å². The zero-order chi connectivity index (χ0) is 8.55. The Hall–Kier alpha value is -0.790. The summed E-state index contributed by atoms with van der Waals surface area (Å²) in [5.41, 5.74) is 2.65. The zero-order valence-electron chi connectivity index (χ0n) is 7.88. The van der Waals surface area contributed by atoms with Gasteiger partial charge in [0.1, 0.15) is 0 Å². The normalized spacial score (nSPS) is 17.8. The van der Waals surface area contributed by atoms with Gasteiger partial charge in [-0.05, 0) is 38.2 Å². The molecular weight excluding hydrogens is 148 g/mol. The fourth-order valence-corrected chi connectivity index (χ4v) is 1.64. The third kappa shape index (κ3) is 1.26. The standard InChI is InChI=1S/C10H16N2/c1-8-6-11-12(9(8)2)7-10-4-3-5-10/h6,10H,3-5,7H2,1-2H3. The summed E-state index contributed by atoms with van der Waals surface area (Å²) in [5, 5.41) is 4.35. The number of rotatable bonds is 2. The van der Waals surface area contributed by atoms with Gasteiger partial charge in [-0.2, -0.15) is 5.10 Å². The monoisotopic (exact) mass is 164 g/mol. The molecule has 66 valence electrons. The van der Waals surface area contributed by atoms with Gasteiger partial charge in [0.2, 0.25) is 0 Å². The van der Waals surface area contributed by atoms with Gasteiger partial charge in [-0.1, -0.05) is 6.42 Å². The van der Waals surface area contributed by atoms with Crippen molar-refractivity contribution in [2.75, 3.05) is 0 Å². The van der Waals surface area contributed by atoms with Gasteiger partial charge in [0, 0.05) is 12.2 Å². The second-order valence-corrected chi connectivity index (χ2v) is 3.89. The Bertz CT molecular complexity index is 271. The molecule has 1 fully saturated rings. The molecule has 1 aromatic rings. The summed E-state index contributed by atoms with van der Waals surface area (Å²) in [6, 6.07) is 0. The highest BCUT2D eigenvalue weighted by Crippen LogP contribution is 2.28. The molecule has 1 aliphatic rings. The lowest BCUT2D eigenvalue weighted by atomic mass is 9.85. The minimum atomic E-state index is 0.906. The summed E-state index contributed by atoms with van der Waals surface area (Å²) in [5.74, 6) is 0.906. The van der Waals surface area contributed by atoms with Crippen LogP contribution in [-0.2, 0) is 6.54 Å². The molecule has 2 nitrogen and oxygen atoms in total. The Balaban J connectivity index is 2.06. The van der Waals surface area contributed by atoms with Crippen LogP contribution < -0.4 is 0 Å². The predicted octanol–water partition coefficient (Wildman–Crippen LogP) is 2.30. The molecule has 0 N–H and O–H groups in total. The van der Waals surface area contributed by atoms with Crippen molar-refractivity contribution in [1.82, 2.24) is 9.78 Å². The van der Waals surface area contributed by atoms with Crippen LogP contribution in [-0.4, -0.2) is 9.78 Å². The van der Waals surface area contributed by atoms with E-state index in [2.05, 4.69) is 23.6 Å². The van der Waals surface area contributed by atoms with Crippen molar-refractivity contribution in [2.45, 2.75) is 39.7 Å². The smallest absolute Gasteiger partial charge is 0.0521 e. The van der Waals surface area contributed by atoms with E-state index in [0.717, 1.165) is 12.5 Å². The van der Waals surface area contributed by atoms with Crippen LogP contribution in [0.4, 0.5) is 0 Å². The Morgan fingerprint density at radius 1 is 1.50 bits per heavy atom. The van der Waals surface area contributed by atoms with Crippen LogP contribution >= 0.6 is 0 Å². The van der Waals surface area contributed by atoms with Gasteiger partial charge < -0.3 is 0 Å². The maximum absolute atomic E-state index is 4.35. The first kappa shape index (κ1) is 7.84. The van der Waals surface area contributed by atoms with Gasteiger partial charge in [-0.3, -0.25) is 4.68 Å². The lowest BCUT2D eigenvalue weighted by Gasteiger charge is -2.25. The molecule has 0 spiro atoms. The number of hydrogen-bond donors (Lipinski definition) is 0. The average Bonchev–Trinajstić information content (AvgIpc) is 2.27. The molecule has 1 aliphatic carbocycles. The Morgan fingerprint density at radius 3 is 2.67 bits per heavy atom. The van der Waals surface area contributed by atoms with E-state index >= 15 is 0 Å². The molecule has 1 aromatic heterocycles. The summed E-state index contributed by atoms with van der Waals surface area (Å²) in [4.78, 5) is 0. The van der Waals surface area contributed by atoms with Crippen molar-refractivity contribution in [3.05, 3.63) is 17.5 Å². The van der Waals surface area contributed by atoms with Gasteiger partial charge in [0.05, 0.1) is 6.20 Å². The fraction of sp³-hybridized carbons (Fsp3) is 0.700. The second kappa shape index (κ2) is 2.92. The average molecular weight is 164 g/mol. The Morgan fingerprint density at radius 2 is 2.25 bits per heavy atom. The SMILES string of the molecule is Cc1cnn(CC2CCC2)c1C. The van der Waals surface area contributed by atoms with E-state index in [1.165, 1.54) is 30.5 Å². The second-order valence-electron chi connectivity index (χ2n) is 3.89. The van der Waals surface area contributed by atoms with Crippen LogP contribution in [0, 0.1) is 19.8 Å². The molecule has 0 unspecified atom stereocenters. The third-order valence-corrected chi connectivity index (χ3v) is 3.00. The quantitative estimate of drug-likeness (QED) is 0.655. The van der Waals surface area contributed by atoms with E-state index in [0.29, 0.717) is 0 Å². The van der Waals surface area contributed by atoms with E-state index < -0.39 is 0 Å². The molecule has 12 heavy (non-hydrogen) atoms. The molecular formula is C10H16N2. The van der Waals surface area contributed by atoms with Crippen LogP contribution in [0.1, 0.15) is 30.5 Å². The first-order valence-corrected chi connectivity index (χ1v) is 4.76. The first-order valence-electron chi connectivity index (χ1n) is 4.76. The van der Waals surface area contributed by atoms with Crippen LogP contribution in [0.2, 0.25) is 0 Å². The third-order valence-electron chi connectivity index (χ3n) is 3.00. The van der Waals surface area contributed by atoms with E-state index in [9.17, 15) is 0 Å². The van der Waals surface area contributed by atoms with Gasteiger partial charge >= 0.3 is 0 Å². The largest absolute Gasteiger partial charge is 0.269 e. The van der Waals surface area contributed by atoms with Crippen molar-refractivity contribution in [3.8, 4) is 0 Å². The summed E-state index contributed by atoms with van der Waals surface area (Å²) < 4.78 is 2.15. The molecule has 0 radical (unpaired) electrons. The zero-order valence-corrected chi connectivity index (χ0v) is 7.88. The molecule has 0 aliphatic heterocycles. The molecule has 0 saturated heterocycles. The maximum atomic E-state index is 4.35. The first-order chi connectivity index (χ1) is 5.77. The molecule has 0 bridgehead atoms. The van der Waals surface area contributed by atoms with E-state index in [4.69, 9.17) is 0 Å². The van der Waals surface area contributed by atoms with Crippen molar-refractivity contribution < 1.29 is 0 Å². The molecule has 2 heteroatoms. The molecule has 0 atom stereocenters. The summed E-state index contributed by atoms with van der Waals surface area (Å²) in [6.07, 6.45) is 6.19. The summed E-state index contributed by atoms with van der Waals surface area (Å²) in [7, 11) is 0. The van der Waals surface area contributed by atoms with Crippen molar-refractivity contribution in [1.29, 1.82) is 0 Å². The summed E-state index contributed by atoms with van der Waals surface area (Å²) in [6.45, 7) is 5.42. The Labute approximate surface area is 73.6 Å². The van der Waals surface area contributed by atoms with Crippen molar-refractivity contribution >= 4 is 0 Å². The predicted molar refractivity (Wildman–Crippen MR) is 49.0 cm³/mol. The van der Waals surface area contributed by atoms with Gasteiger partial charge in [-0.15, -0.1) is 0 Å². The maximum Gasteiger partial charge on any atom is 0.0521 e. The number of aryl methyl sites for hydroxylation is 1. The summed E-state index contributed by atoms with van der Waals surface area (Å²) >= 11 is 0. The van der Waals surface area contributed by atoms with E-state index in [1.54, 1.807) is 0 Å². The number of aromatic nitrogens is 2. The number of hydrogen-bond acceptors (Lipinski definition) is 1. The minimum absolute atomic E-state index is 0.906. The number of nitrogens with zero attached hydrogens (tertiary/aromatic N) is 2. The fourth-order valence-electron chi connectivity index (χ4n) is 1.64. The molecule has 0 amide bonds. The van der Waals surface area contributed by atoms with Crippen molar-refractivity contribution in [2.24, 2.45) is 5.92 Å². The van der Waals surface area contributed by atoms with Crippen LogP contribution in [0.5, 0.6) is 0 Å². The minimum Gasteiger partial charge on any atom is -0.269 e. The van der Waals surface area contributed by atoms with Crippen LogP contribution in [0.25, 0.3) is 0 Å². The highest BCUT2D eigenvalue weighted by Gasteiger charge is 2.18. The van der Waals surface area contributed by atoms with Crippen LogP contribution in [0.3, 0.4) is 0 Å². The van der Waals surface area contributed by atoms with E-state index in [1.807, 2.05) is 6.20 Å². The van der Waals surface area contributed by atoms with Crippen LogP contribution in [0.15, 0.2) is 6.20 Å². The van der Waals surface area contributed by atoms with Crippen molar-refractivity contribution in [3.63, 3.8) is 0 Å². The van der Waals surface area contributed by atoms with Gasteiger partial charge in [0.15, 0.2) is 0 Å². The molecule has 0 aromatic carbocycles.